The van der Waals surface area contributed by atoms with E-state index >= 15 is 0 Å². The summed E-state index contributed by atoms with van der Waals surface area (Å²) >= 11 is 1.44. The summed E-state index contributed by atoms with van der Waals surface area (Å²) in [6.07, 6.45) is 0. The molecule has 23 heavy (non-hydrogen) atoms. The van der Waals surface area contributed by atoms with E-state index in [0.29, 0.717) is 5.56 Å². The van der Waals surface area contributed by atoms with E-state index in [4.69, 9.17) is 0 Å². The van der Waals surface area contributed by atoms with Crippen molar-refractivity contribution in [2.24, 2.45) is 0 Å². The Morgan fingerprint density at radius 2 is 1.70 bits per heavy atom. The Labute approximate surface area is 139 Å². The van der Waals surface area contributed by atoms with Crippen LogP contribution in [0.3, 0.4) is 0 Å². The van der Waals surface area contributed by atoms with Crippen LogP contribution in [0.25, 0.3) is 0 Å². The molecule has 2 aromatic carbocycles. The van der Waals surface area contributed by atoms with Gasteiger partial charge in [0, 0.05) is 9.75 Å². The minimum Gasteiger partial charge on any atom is -0.223 e. The van der Waals surface area contributed by atoms with Gasteiger partial charge in [0.1, 0.15) is 11.1 Å². The number of hydrogen-bond donors (Lipinski definition) is 0. The molecule has 0 aliphatic heterocycles. The molecule has 1 atom stereocenters. The first kappa shape index (κ1) is 15.9. The van der Waals surface area contributed by atoms with Gasteiger partial charge in [-0.2, -0.15) is 0 Å². The van der Waals surface area contributed by atoms with Crippen LogP contribution in [0.4, 0.5) is 4.39 Å². The van der Waals surface area contributed by atoms with E-state index in [0.717, 1.165) is 15.8 Å². The predicted molar refractivity (Wildman–Crippen MR) is 90.9 cm³/mol. The molecule has 118 valence electrons. The molecule has 2 nitrogen and oxygen atoms in total. The van der Waals surface area contributed by atoms with Crippen molar-refractivity contribution >= 4 is 21.2 Å². The van der Waals surface area contributed by atoms with Gasteiger partial charge in [0.25, 0.3) is 0 Å². The van der Waals surface area contributed by atoms with E-state index in [1.54, 1.807) is 12.1 Å². The van der Waals surface area contributed by atoms with Gasteiger partial charge in [0.05, 0.1) is 4.90 Å². The van der Waals surface area contributed by atoms with Crippen molar-refractivity contribution < 1.29 is 12.8 Å². The van der Waals surface area contributed by atoms with E-state index in [-0.39, 0.29) is 4.90 Å². The number of halogens is 1. The standard InChI is InChI=1S/C18H15FO2S2/c1-13-10-11-17(22-13)18(14-6-3-2-4-7-14)23(20,21)16-9-5-8-15(19)12-16/h2-12,18H,1H3. The topological polar surface area (TPSA) is 34.1 Å². The molecule has 1 heterocycles. The second-order valence-electron chi connectivity index (χ2n) is 5.24. The van der Waals surface area contributed by atoms with Crippen molar-refractivity contribution in [2.45, 2.75) is 17.1 Å². The number of aryl methyl sites for hydroxylation is 1. The van der Waals surface area contributed by atoms with Crippen molar-refractivity contribution in [3.05, 3.63) is 87.9 Å². The Bertz CT molecular complexity index is 915. The van der Waals surface area contributed by atoms with Crippen LogP contribution in [0.5, 0.6) is 0 Å². The maximum Gasteiger partial charge on any atom is 0.190 e. The Morgan fingerprint density at radius 1 is 0.957 bits per heavy atom. The maximum atomic E-state index is 13.5. The molecule has 0 aliphatic carbocycles. The zero-order chi connectivity index (χ0) is 16.4. The summed E-state index contributed by atoms with van der Waals surface area (Å²) in [5, 5.41) is -0.829. The second-order valence-corrected chi connectivity index (χ2v) is 8.59. The van der Waals surface area contributed by atoms with E-state index < -0.39 is 20.9 Å². The highest BCUT2D eigenvalue weighted by Gasteiger charge is 2.32. The molecule has 0 bridgehead atoms. The smallest absolute Gasteiger partial charge is 0.190 e. The van der Waals surface area contributed by atoms with Gasteiger partial charge in [-0.3, -0.25) is 0 Å². The number of thiophene rings is 1. The SMILES string of the molecule is Cc1ccc(C(c2ccccc2)S(=O)(=O)c2cccc(F)c2)s1. The number of benzene rings is 2. The maximum absolute atomic E-state index is 13.5. The fraction of sp³-hybridized carbons (Fsp3) is 0.111. The molecule has 0 saturated heterocycles. The summed E-state index contributed by atoms with van der Waals surface area (Å²) in [6, 6.07) is 17.9. The lowest BCUT2D eigenvalue weighted by Gasteiger charge is -2.17. The summed E-state index contributed by atoms with van der Waals surface area (Å²) in [4.78, 5) is 1.77. The molecule has 3 rings (SSSR count). The summed E-state index contributed by atoms with van der Waals surface area (Å²) < 4.78 is 39.8. The summed E-state index contributed by atoms with van der Waals surface area (Å²) in [5.41, 5.74) is 0.679. The van der Waals surface area contributed by atoms with Gasteiger partial charge in [-0.1, -0.05) is 36.4 Å². The minimum atomic E-state index is -3.75. The van der Waals surface area contributed by atoms with Gasteiger partial charge < -0.3 is 0 Å². The second kappa shape index (κ2) is 6.26. The third-order valence-corrected chi connectivity index (χ3v) is 6.83. The zero-order valence-corrected chi connectivity index (χ0v) is 14.1. The Kier molecular flexibility index (Phi) is 4.33. The van der Waals surface area contributed by atoms with Gasteiger partial charge in [-0.05, 0) is 42.8 Å². The summed E-state index contributed by atoms with van der Waals surface area (Å²) in [7, 11) is -3.75. The average molecular weight is 346 g/mol. The summed E-state index contributed by atoms with van der Waals surface area (Å²) in [6.45, 7) is 1.94. The van der Waals surface area contributed by atoms with Gasteiger partial charge >= 0.3 is 0 Å². The van der Waals surface area contributed by atoms with E-state index in [1.165, 1.54) is 29.5 Å². The van der Waals surface area contributed by atoms with E-state index in [2.05, 4.69) is 0 Å². The van der Waals surface area contributed by atoms with Gasteiger partial charge in [-0.15, -0.1) is 11.3 Å². The quantitative estimate of drug-likeness (QED) is 0.682. The molecule has 0 saturated carbocycles. The molecule has 5 heteroatoms. The molecule has 0 spiro atoms. The zero-order valence-electron chi connectivity index (χ0n) is 12.4. The Balaban J connectivity index is 2.19. The van der Waals surface area contributed by atoms with Crippen LogP contribution in [0.15, 0.2) is 71.6 Å². The number of sulfone groups is 1. The first-order valence-electron chi connectivity index (χ1n) is 7.09. The molecule has 0 aliphatic rings. The van der Waals surface area contributed by atoms with Crippen LogP contribution in [0, 0.1) is 12.7 Å². The third kappa shape index (κ3) is 3.21. The van der Waals surface area contributed by atoms with Crippen molar-refractivity contribution in [1.29, 1.82) is 0 Å². The molecule has 0 N–H and O–H groups in total. The normalized spacial score (nSPS) is 13.0. The number of hydrogen-bond acceptors (Lipinski definition) is 3. The highest BCUT2D eigenvalue weighted by molar-refractivity contribution is 7.92. The van der Waals surface area contributed by atoms with Crippen LogP contribution >= 0.6 is 11.3 Å². The van der Waals surface area contributed by atoms with Gasteiger partial charge in [-0.25, -0.2) is 12.8 Å². The van der Waals surface area contributed by atoms with Gasteiger partial charge in [0.2, 0.25) is 0 Å². The Hall–Kier alpha value is -1.98. The number of rotatable bonds is 4. The van der Waals surface area contributed by atoms with Crippen molar-refractivity contribution in [1.82, 2.24) is 0 Å². The lowest BCUT2D eigenvalue weighted by Crippen LogP contribution is -2.14. The van der Waals surface area contributed by atoms with Crippen molar-refractivity contribution in [3.63, 3.8) is 0 Å². The highest BCUT2D eigenvalue weighted by atomic mass is 32.2. The molecule has 0 fully saturated rings. The first-order valence-corrected chi connectivity index (χ1v) is 9.45. The van der Waals surface area contributed by atoms with Crippen LogP contribution < -0.4 is 0 Å². The highest BCUT2D eigenvalue weighted by Crippen LogP contribution is 2.38. The molecule has 0 amide bonds. The molecule has 1 aromatic heterocycles. The lowest BCUT2D eigenvalue weighted by atomic mass is 10.1. The Morgan fingerprint density at radius 3 is 2.30 bits per heavy atom. The van der Waals surface area contributed by atoms with Crippen LogP contribution in [-0.2, 0) is 9.84 Å². The first-order chi connectivity index (χ1) is 11.0. The van der Waals surface area contributed by atoms with Crippen LogP contribution in [-0.4, -0.2) is 8.42 Å². The molecular formula is C18H15FO2S2. The van der Waals surface area contributed by atoms with E-state index in [1.807, 2.05) is 37.3 Å². The monoisotopic (exact) mass is 346 g/mol. The van der Waals surface area contributed by atoms with Crippen molar-refractivity contribution in [3.8, 4) is 0 Å². The molecular weight excluding hydrogens is 331 g/mol. The van der Waals surface area contributed by atoms with E-state index in [9.17, 15) is 12.8 Å². The lowest BCUT2D eigenvalue weighted by molar-refractivity contribution is 0.585. The minimum absolute atomic E-state index is 0.00240. The molecule has 0 radical (unpaired) electrons. The molecule has 1 unspecified atom stereocenters. The molecule has 3 aromatic rings. The summed E-state index contributed by atoms with van der Waals surface area (Å²) in [5.74, 6) is -0.555. The third-order valence-electron chi connectivity index (χ3n) is 3.56. The fourth-order valence-corrected chi connectivity index (χ4v) is 5.63. The van der Waals surface area contributed by atoms with Gasteiger partial charge in [0.15, 0.2) is 9.84 Å². The largest absolute Gasteiger partial charge is 0.223 e. The fourth-order valence-electron chi connectivity index (χ4n) is 2.50. The van der Waals surface area contributed by atoms with Crippen LogP contribution in [0.1, 0.15) is 20.6 Å². The van der Waals surface area contributed by atoms with Crippen molar-refractivity contribution in [2.75, 3.05) is 0 Å². The average Bonchev–Trinajstić information content (AvgIpc) is 2.94. The van der Waals surface area contributed by atoms with Crippen LogP contribution in [0.2, 0.25) is 0 Å². The predicted octanol–water partition coefficient (Wildman–Crippen LogP) is 4.76.